The van der Waals surface area contributed by atoms with Gasteiger partial charge >= 0.3 is 5.97 Å². The van der Waals surface area contributed by atoms with E-state index in [0.717, 1.165) is 16.1 Å². The van der Waals surface area contributed by atoms with Gasteiger partial charge < -0.3 is 4.74 Å². The van der Waals surface area contributed by atoms with Gasteiger partial charge in [0.05, 0.1) is 24.1 Å². The van der Waals surface area contributed by atoms with Gasteiger partial charge in [0, 0.05) is 5.22 Å². The van der Waals surface area contributed by atoms with E-state index in [2.05, 4.69) is 11.6 Å². The van der Waals surface area contributed by atoms with Crippen LogP contribution in [0.1, 0.15) is 12.5 Å². The van der Waals surface area contributed by atoms with Crippen LogP contribution < -0.4 is 10.6 Å². The van der Waals surface area contributed by atoms with Gasteiger partial charge in [-0.1, -0.05) is 30.9 Å². The smallest absolute Gasteiger partial charge is 0.336 e. The molecule has 1 aromatic rings. The third kappa shape index (κ3) is 1.65. The molecule has 0 saturated heterocycles. The lowest BCUT2D eigenvalue weighted by atomic mass is 10.1. The van der Waals surface area contributed by atoms with E-state index >= 15 is 0 Å². The first-order chi connectivity index (χ1) is 7.77. The molecular weight excluding hydrogens is 202 g/mol. The molecule has 1 aromatic carbocycles. The number of hydrogen-bond acceptors (Lipinski definition) is 3. The van der Waals surface area contributed by atoms with Crippen LogP contribution in [0.2, 0.25) is 0 Å². The molecule has 0 N–H and O–H groups in total. The standard InChI is InChI=1S/C13H13NO2/c1-3-9-6-5-7-10-11(8-14-12(9)10)13(15)16-4-2/h3,5-7H,1,4,8H2,2H3. The Hall–Kier alpha value is -1.90. The van der Waals surface area contributed by atoms with E-state index in [4.69, 9.17) is 4.74 Å². The monoisotopic (exact) mass is 215 g/mol. The van der Waals surface area contributed by atoms with Crippen LogP contribution in [0.4, 0.5) is 0 Å². The second kappa shape index (κ2) is 4.31. The molecule has 0 fully saturated rings. The molecule has 0 aliphatic carbocycles. The Kier molecular flexibility index (Phi) is 2.86. The summed E-state index contributed by atoms with van der Waals surface area (Å²) in [6.07, 6.45) is 1.75. The van der Waals surface area contributed by atoms with Gasteiger partial charge in [0.15, 0.2) is 0 Å². The maximum Gasteiger partial charge on any atom is 0.336 e. The average molecular weight is 215 g/mol. The van der Waals surface area contributed by atoms with Gasteiger partial charge in [0.1, 0.15) is 0 Å². The highest BCUT2D eigenvalue weighted by Gasteiger charge is 2.16. The Balaban J connectivity index is 2.60. The van der Waals surface area contributed by atoms with E-state index < -0.39 is 0 Å². The van der Waals surface area contributed by atoms with Gasteiger partial charge in [0.25, 0.3) is 0 Å². The number of carbonyl (C=O) groups excluding carboxylic acids is 1. The van der Waals surface area contributed by atoms with Gasteiger partial charge in [-0.3, -0.25) is 4.99 Å². The first kappa shape index (κ1) is 10.6. The second-order valence-corrected chi connectivity index (χ2v) is 3.46. The number of para-hydroxylation sites is 1. The van der Waals surface area contributed by atoms with E-state index in [0.29, 0.717) is 18.7 Å². The third-order valence-corrected chi connectivity index (χ3v) is 2.53. The van der Waals surface area contributed by atoms with Gasteiger partial charge in [-0.2, -0.15) is 0 Å². The van der Waals surface area contributed by atoms with Crippen molar-refractivity contribution in [2.75, 3.05) is 13.2 Å². The molecule has 0 aromatic heterocycles. The molecular formula is C13H13NO2. The summed E-state index contributed by atoms with van der Waals surface area (Å²) in [7, 11) is 0. The number of ether oxygens (including phenoxy) is 1. The van der Waals surface area contributed by atoms with Crippen molar-refractivity contribution in [3.05, 3.63) is 40.9 Å². The molecule has 3 heteroatoms. The lowest BCUT2D eigenvalue weighted by Gasteiger charge is -2.00. The van der Waals surface area contributed by atoms with Crippen LogP contribution in [0, 0.1) is 0 Å². The van der Waals surface area contributed by atoms with Crippen LogP contribution in [-0.4, -0.2) is 19.1 Å². The van der Waals surface area contributed by atoms with E-state index in [1.807, 2.05) is 18.2 Å². The number of fused-ring (bicyclic) bond motifs is 1. The summed E-state index contributed by atoms with van der Waals surface area (Å²) in [6.45, 7) is 6.32. The third-order valence-electron chi connectivity index (χ3n) is 2.53. The largest absolute Gasteiger partial charge is 0.463 e. The highest BCUT2D eigenvalue weighted by Crippen LogP contribution is 2.03. The summed E-state index contributed by atoms with van der Waals surface area (Å²) >= 11 is 0. The number of nitrogens with zero attached hydrogens (tertiary/aromatic N) is 1. The Labute approximate surface area is 93.8 Å². The Bertz CT molecular complexity index is 558. The maximum atomic E-state index is 11.7. The predicted molar refractivity (Wildman–Crippen MR) is 62.2 cm³/mol. The molecule has 0 atom stereocenters. The molecule has 3 nitrogen and oxygen atoms in total. The van der Waals surface area contributed by atoms with Crippen LogP contribution in [0.15, 0.2) is 29.8 Å². The summed E-state index contributed by atoms with van der Waals surface area (Å²) in [6, 6.07) is 5.73. The van der Waals surface area contributed by atoms with Crippen LogP contribution in [-0.2, 0) is 9.53 Å². The summed E-state index contributed by atoms with van der Waals surface area (Å²) in [5.41, 5.74) is 1.59. The quantitative estimate of drug-likeness (QED) is 0.695. The van der Waals surface area contributed by atoms with Gasteiger partial charge in [-0.05, 0) is 12.5 Å². The lowest BCUT2D eigenvalue weighted by molar-refractivity contribution is -0.136. The molecule has 0 amide bonds. The molecule has 0 saturated carbocycles. The molecule has 82 valence electrons. The van der Waals surface area contributed by atoms with Gasteiger partial charge in [-0.15, -0.1) is 0 Å². The zero-order valence-electron chi connectivity index (χ0n) is 9.19. The molecule has 0 radical (unpaired) electrons. The van der Waals surface area contributed by atoms with Crippen molar-refractivity contribution in [2.24, 2.45) is 4.99 Å². The molecule has 16 heavy (non-hydrogen) atoms. The minimum absolute atomic E-state index is 0.272. The average Bonchev–Trinajstić information content (AvgIpc) is 2.72. The first-order valence-electron chi connectivity index (χ1n) is 5.24. The van der Waals surface area contributed by atoms with Crippen molar-refractivity contribution in [1.82, 2.24) is 0 Å². The van der Waals surface area contributed by atoms with Crippen molar-refractivity contribution in [2.45, 2.75) is 6.92 Å². The zero-order chi connectivity index (χ0) is 11.5. The highest BCUT2D eigenvalue weighted by molar-refractivity contribution is 6.10. The van der Waals surface area contributed by atoms with Crippen LogP contribution in [0.5, 0.6) is 0 Å². The Morgan fingerprint density at radius 2 is 2.44 bits per heavy atom. The number of benzene rings is 1. The van der Waals surface area contributed by atoms with Crippen LogP contribution in [0.3, 0.4) is 0 Å². The van der Waals surface area contributed by atoms with E-state index in [9.17, 15) is 4.79 Å². The Morgan fingerprint density at radius 1 is 1.62 bits per heavy atom. The fourth-order valence-corrected chi connectivity index (χ4v) is 1.78. The predicted octanol–water partition coefficient (Wildman–Crippen LogP) is 0.677. The molecule has 2 rings (SSSR count). The lowest BCUT2D eigenvalue weighted by Crippen LogP contribution is -2.27. The summed E-state index contributed by atoms with van der Waals surface area (Å²) in [5.74, 6) is -0.272. The SMILES string of the molecule is C=Cc1cccc2c1=NCC=2C(=O)OCC. The summed E-state index contributed by atoms with van der Waals surface area (Å²) in [4.78, 5) is 16.0. The fourth-order valence-electron chi connectivity index (χ4n) is 1.78. The molecule has 1 aliphatic rings. The molecule has 0 unspecified atom stereocenters. The van der Waals surface area contributed by atoms with E-state index in [1.54, 1.807) is 13.0 Å². The molecule has 0 spiro atoms. The van der Waals surface area contributed by atoms with E-state index in [-0.39, 0.29) is 5.97 Å². The fraction of sp³-hybridized carbons (Fsp3) is 0.231. The minimum Gasteiger partial charge on any atom is -0.463 e. The summed E-state index contributed by atoms with van der Waals surface area (Å²) in [5, 5.41) is 1.72. The van der Waals surface area contributed by atoms with Crippen LogP contribution >= 0.6 is 0 Å². The van der Waals surface area contributed by atoms with Gasteiger partial charge in [0.2, 0.25) is 0 Å². The van der Waals surface area contributed by atoms with Crippen molar-refractivity contribution in [3.8, 4) is 0 Å². The number of esters is 1. The summed E-state index contributed by atoms with van der Waals surface area (Å²) < 4.78 is 4.99. The Morgan fingerprint density at radius 3 is 3.12 bits per heavy atom. The second-order valence-electron chi connectivity index (χ2n) is 3.46. The van der Waals surface area contributed by atoms with E-state index in [1.165, 1.54) is 0 Å². The maximum absolute atomic E-state index is 11.7. The van der Waals surface area contributed by atoms with Gasteiger partial charge in [-0.25, -0.2) is 4.79 Å². The highest BCUT2D eigenvalue weighted by atomic mass is 16.5. The number of hydrogen-bond donors (Lipinski definition) is 0. The van der Waals surface area contributed by atoms with Crippen LogP contribution in [0.25, 0.3) is 11.6 Å². The normalized spacial score (nSPS) is 12.9. The van der Waals surface area contributed by atoms with Crippen molar-refractivity contribution in [1.29, 1.82) is 0 Å². The molecule has 1 heterocycles. The minimum atomic E-state index is -0.272. The van der Waals surface area contributed by atoms with Crippen molar-refractivity contribution < 1.29 is 9.53 Å². The molecule has 1 aliphatic heterocycles. The topological polar surface area (TPSA) is 38.7 Å². The number of rotatable bonds is 3. The van der Waals surface area contributed by atoms with Crippen molar-refractivity contribution in [3.63, 3.8) is 0 Å². The number of carbonyl (C=O) groups is 1. The first-order valence-corrected chi connectivity index (χ1v) is 5.24. The zero-order valence-corrected chi connectivity index (χ0v) is 9.19. The molecule has 0 bridgehead atoms. The van der Waals surface area contributed by atoms with Crippen molar-refractivity contribution >= 4 is 17.6 Å².